The molecule has 0 aliphatic rings. The zero-order valence-electron chi connectivity index (χ0n) is 15.1. The molecule has 0 rings (SSSR count). The maximum atomic E-state index is 10.8. The molecule has 0 fully saturated rings. The maximum Gasteiger partial charge on any atom is 0.305 e. The van der Waals surface area contributed by atoms with Gasteiger partial charge in [-0.2, -0.15) is 0 Å². The molecule has 2 heteroatoms. The molecular weight excluding hydrogens is 272 g/mol. The van der Waals surface area contributed by atoms with Gasteiger partial charge in [-0.1, -0.05) is 64.0 Å². The van der Waals surface area contributed by atoms with Gasteiger partial charge in [0.25, 0.3) is 0 Å². The Balaban J connectivity index is 0. The van der Waals surface area contributed by atoms with Gasteiger partial charge in [0.05, 0.1) is 7.11 Å². The van der Waals surface area contributed by atoms with E-state index in [2.05, 4.69) is 24.8 Å². The van der Waals surface area contributed by atoms with Crippen LogP contribution in [0.15, 0.2) is 25.3 Å². The highest BCUT2D eigenvalue weighted by Crippen LogP contribution is 2.08. The summed E-state index contributed by atoms with van der Waals surface area (Å²) < 4.78 is 4.56. The predicted molar refractivity (Wildman–Crippen MR) is 98.1 cm³/mol. The molecule has 0 amide bonds. The Morgan fingerprint density at radius 1 is 0.818 bits per heavy atom. The number of unbranched alkanes of at least 4 members (excludes halogenated alkanes) is 10. The van der Waals surface area contributed by atoms with E-state index in [1.807, 2.05) is 12.2 Å². The van der Waals surface area contributed by atoms with E-state index in [0.717, 1.165) is 19.3 Å². The number of rotatable bonds is 14. The number of methoxy groups -OCH3 is 1. The zero-order valence-corrected chi connectivity index (χ0v) is 15.1. The van der Waals surface area contributed by atoms with Crippen molar-refractivity contribution in [2.24, 2.45) is 0 Å². The van der Waals surface area contributed by atoms with E-state index in [1.165, 1.54) is 64.9 Å². The minimum absolute atomic E-state index is 0.0864. The number of esters is 1. The van der Waals surface area contributed by atoms with Gasteiger partial charge in [0, 0.05) is 6.42 Å². The summed E-state index contributed by atoms with van der Waals surface area (Å²) in [5, 5.41) is 0. The van der Waals surface area contributed by atoms with Crippen LogP contribution in [0.25, 0.3) is 0 Å². The average molecular weight is 311 g/mol. The first-order valence-electron chi connectivity index (χ1n) is 9.01. The van der Waals surface area contributed by atoms with Crippen molar-refractivity contribution in [3.63, 3.8) is 0 Å². The van der Waals surface area contributed by atoms with Crippen molar-refractivity contribution in [3.05, 3.63) is 25.3 Å². The van der Waals surface area contributed by atoms with Crippen LogP contribution >= 0.6 is 0 Å². The molecule has 0 aromatic carbocycles. The third-order valence-electron chi connectivity index (χ3n) is 3.53. The third kappa shape index (κ3) is 24.0. The maximum absolute atomic E-state index is 10.8. The monoisotopic (exact) mass is 310 g/mol. The van der Waals surface area contributed by atoms with Crippen molar-refractivity contribution in [2.75, 3.05) is 7.11 Å². The van der Waals surface area contributed by atoms with Gasteiger partial charge >= 0.3 is 5.97 Å². The summed E-state index contributed by atoms with van der Waals surface area (Å²) >= 11 is 0. The SMILES string of the molecule is C=CCCCCCC.C=CCCCCCCCCC(=O)OC. The van der Waals surface area contributed by atoms with E-state index in [0.29, 0.717) is 6.42 Å². The summed E-state index contributed by atoms with van der Waals surface area (Å²) in [7, 11) is 1.44. The topological polar surface area (TPSA) is 26.3 Å². The van der Waals surface area contributed by atoms with Gasteiger partial charge in [-0.15, -0.1) is 13.2 Å². The lowest BCUT2D eigenvalue weighted by atomic mass is 10.1. The zero-order chi connectivity index (χ0) is 16.9. The Bertz CT molecular complexity index is 246. The molecule has 22 heavy (non-hydrogen) atoms. The number of carbonyl (C=O) groups is 1. The molecule has 0 aromatic rings. The molecular formula is C20H38O2. The predicted octanol–water partition coefficient (Wildman–Crippen LogP) is 6.61. The first-order chi connectivity index (χ1) is 10.7. The van der Waals surface area contributed by atoms with Crippen LogP contribution in [0.4, 0.5) is 0 Å². The van der Waals surface area contributed by atoms with E-state index in [1.54, 1.807) is 0 Å². The summed E-state index contributed by atoms with van der Waals surface area (Å²) in [5.41, 5.74) is 0. The number of carbonyl (C=O) groups excluding carboxylic acids is 1. The minimum Gasteiger partial charge on any atom is -0.469 e. The summed E-state index contributed by atoms with van der Waals surface area (Å²) in [5.74, 6) is -0.0864. The fourth-order valence-corrected chi connectivity index (χ4v) is 2.08. The van der Waals surface area contributed by atoms with Gasteiger partial charge in [0.15, 0.2) is 0 Å². The molecule has 0 bridgehead atoms. The largest absolute Gasteiger partial charge is 0.469 e. The molecule has 0 aliphatic heterocycles. The molecule has 130 valence electrons. The summed E-state index contributed by atoms with van der Waals surface area (Å²) in [6.45, 7) is 9.57. The van der Waals surface area contributed by atoms with Crippen LogP contribution in [0.3, 0.4) is 0 Å². The summed E-state index contributed by atoms with van der Waals surface area (Å²) in [6, 6.07) is 0. The van der Waals surface area contributed by atoms with E-state index in [4.69, 9.17) is 0 Å². The van der Waals surface area contributed by atoms with Crippen molar-refractivity contribution in [1.82, 2.24) is 0 Å². The van der Waals surface area contributed by atoms with E-state index in [-0.39, 0.29) is 5.97 Å². The highest BCUT2D eigenvalue weighted by Gasteiger charge is 1.98. The lowest BCUT2D eigenvalue weighted by molar-refractivity contribution is -0.140. The molecule has 0 N–H and O–H groups in total. The minimum atomic E-state index is -0.0864. The highest BCUT2D eigenvalue weighted by molar-refractivity contribution is 5.68. The fourth-order valence-electron chi connectivity index (χ4n) is 2.08. The lowest BCUT2D eigenvalue weighted by Crippen LogP contribution is -1.99. The van der Waals surface area contributed by atoms with Crippen molar-refractivity contribution in [3.8, 4) is 0 Å². The van der Waals surface area contributed by atoms with E-state index in [9.17, 15) is 4.79 Å². The Kier molecular flexibility index (Phi) is 23.5. The van der Waals surface area contributed by atoms with E-state index >= 15 is 0 Å². The molecule has 0 unspecified atom stereocenters. The molecule has 0 spiro atoms. The molecule has 0 aliphatic carbocycles. The standard InChI is InChI=1S/C12H22O2.C8H16/c1-3-4-5-6-7-8-9-10-11-12(13)14-2;1-3-5-7-8-6-4-2/h3H,1,4-11H2,2H3;3H,1,4-8H2,2H3. The number of hydrogen-bond donors (Lipinski definition) is 0. The van der Waals surface area contributed by atoms with Crippen LogP contribution in [0.5, 0.6) is 0 Å². The Morgan fingerprint density at radius 3 is 1.73 bits per heavy atom. The Hall–Kier alpha value is -1.05. The number of allylic oxidation sites excluding steroid dienone is 2. The van der Waals surface area contributed by atoms with Crippen molar-refractivity contribution >= 4 is 5.97 Å². The van der Waals surface area contributed by atoms with Crippen LogP contribution in [0, 0.1) is 0 Å². The normalized spacial score (nSPS) is 9.55. The van der Waals surface area contributed by atoms with Crippen molar-refractivity contribution in [2.45, 2.75) is 90.4 Å². The van der Waals surface area contributed by atoms with Crippen LogP contribution in [0.2, 0.25) is 0 Å². The molecule has 0 saturated heterocycles. The number of ether oxygens (including phenoxy) is 1. The average Bonchev–Trinajstić information content (AvgIpc) is 2.54. The molecule has 0 saturated carbocycles. The molecule has 0 aromatic heterocycles. The van der Waals surface area contributed by atoms with Gasteiger partial charge in [0.2, 0.25) is 0 Å². The molecule has 2 nitrogen and oxygen atoms in total. The second-order valence-corrected chi connectivity index (χ2v) is 5.66. The first kappa shape index (κ1) is 23.2. The van der Waals surface area contributed by atoms with Crippen LogP contribution in [-0.2, 0) is 9.53 Å². The fraction of sp³-hybridized carbons (Fsp3) is 0.750. The van der Waals surface area contributed by atoms with Crippen molar-refractivity contribution < 1.29 is 9.53 Å². The van der Waals surface area contributed by atoms with Crippen LogP contribution < -0.4 is 0 Å². The quantitative estimate of drug-likeness (QED) is 0.205. The molecule has 0 atom stereocenters. The second kappa shape index (κ2) is 22.2. The highest BCUT2D eigenvalue weighted by atomic mass is 16.5. The summed E-state index contributed by atoms with van der Waals surface area (Å²) in [4.78, 5) is 10.8. The molecule has 0 heterocycles. The van der Waals surface area contributed by atoms with Gasteiger partial charge in [-0.3, -0.25) is 4.79 Å². The van der Waals surface area contributed by atoms with Gasteiger partial charge in [-0.25, -0.2) is 0 Å². The number of hydrogen-bond acceptors (Lipinski definition) is 2. The molecule has 0 radical (unpaired) electrons. The van der Waals surface area contributed by atoms with Crippen molar-refractivity contribution in [1.29, 1.82) is 0 Å². The van der Waals surface area contributed by atoms with Gasteiger partial charge in [-0.05, 0) is 32.1 Å². The third-order valence-corrected chi connectivity index (χ3v) is 3.53. The van der Waals surface area contributed by atoms with Crippen LogP contribution in [-0.4, -0.2) is 13.1 Å². The van der Waals surface area contributed by atoms with Gasteiger partial charge < -0.3 is 4.74 Å². The second-order valence-electron chi connectivity index (χ2n) is 5.66. The first-order valence-corrected chi connectivity index (χ1v) is 9.01. The lowest BCUT2D eigenvalue weighted by Gasteiger charge is -2.00. The van der Waals surface area contributed by atoms with Gasteiger partial charge in [0.1, 0.15) is 0 Å². The van der Waals surface area contributed by atoms with E-state index < -0.39 is 0 Å². The smallest absolute Gasteiger partial charge is 0.305 e. The summed E-state index contributed by atoms with van der Waals surface area (Å²) in [6.07, 6.45) is 19.4. The van der Waals surface area contributed by atoms with Crippen LogP contribution in [0.1, 0.15) is 90.4 Å². The Labute approximate surface area is 139 Å². The Morgan fingerprint density at radius 2 is 1.27 bits per heavy atom.